The second-order valence-electron chi connectivity index (χ2n) is 3.78. The highest BCUT2D eigenvalue weighted by Gasteiger charge is 2.16. The Labute approximate surface area is 123 Å². The molecule has 1 aromatic heterocycles. The minimum atomic E-state index is -0.152. The Morgan fingerprint density at radius 1 is 1.37 bits per heavy atom. The lowest BCUT2D eigenvalue weighted by molar-refractivity contribution is -0.121. The molecule has 1 aromatic carbocycles. The van der Waals surface area contributed by atoms with Gasteiger partial charge in [-0.1, -0.05) is 39.4 Å². The molecule has 7 heteroatoms. The first-order valence-electron chi connectivity index (χ1n) is 5.46. The van der Waals surface area contributed by atoms with Crippen molar-refractivity contribution in [3.63, 3.8) is 0 Å². The SMILES string of the molecule is COCC(=O)N(C)c1nnc(-c2ccc(Br)cc2)s1. The van der Waals surface area contributed by atoms with Crippen LogP contribution in [0, 0.1) is 0 Å². The van der Waals surface area contributed by atoms with Gasteiger partial charge in [-0.2, -0.15) is 0 Å². The lowest BCUT2D eigenvalue weighted by Gasteiger charge is -2.11. The van der Waals surface area contributed by atoms with Crippen molar-refractivity contribution in [2.75, 3.05) is 25.7 Å². The number of rotatable bonds is 4. The van der Waals surface area contributed by atoms with E-state index < -0.39 is 0 Å². The number of hydrogen-bond donors (Lipinski definition) is 0. The van der Waals surface area contributed by atoms with Crippen LogP contribution in [0.2, 0.25) is 0 Å². The van der Waals surface area contributed by atoms with Crippen molar-refractivity contribution in [3.05, 3.63) is 28.7 Å². The van der Waals surface area contributed by atoms with Crippen LogP contribution in [-0.2, 0) is 9.53 Å². The van der Waals surface area contributed by atoms with Gasteiger partial charge in [-0.05, 0) is 12.1 Å². The first-order valence-corrected chi connectivity index (χ1v) is 7.07. The number of halogens is 1. The second kappa shape index (κ2) is 6.23. The normalized spacial score (nSPS) is 10.5. The summed E-state index contributed by atoms with van der Waals surface area (Å²) >= 11 is 4.75. The van der Waals surface area contributed by atoms with Crippen LogP contribution < -0.4 is 4.90 Å². The standard InChI is InChI=1S/C12H12BrN3O2S/c1-16(10(17)7-18-2)12-15-14-11(19-12)8-3-5-9(13)6-4-8/h3-6H,7H2,1-2H3. The molecule has 0 aliphatic carbocycles. The van der Waals surface area contributed by atoms with Crippen LogP contribution in [0.5, 0.6) is 0 Å². The molecule has 0 unspecified atom stereocenters. The highest BCUT2D eigenvalue weighted by atomic mass is 79.9. The summed E-state index contributed by atoms with van der Waals surface area (Å²) in [6, 6.07) is 7.78. The Balaban J connectivity index is 2.19. The van der Waals surface area contributed by atoms with Crippen molar-refractivity contribution in [1.29, 1.82) is 0 Å². The molecule has 0 spiro atoms. The molecule has 0 aliphatic heterocycles. The fraction of sp³-hybridized carbons (Fsp3) is 0.250. The minimum absolute atomic E-state index is 0.0314. The van der Waals surface area contributed by atoms with Crippen LogP contribution in [0.4, 0.5) is 5.13 Å². The van der Waals surface area contributed by atoms with Crippen molar-refractivity contribution in [3.8, 4) is 10.6 Å². The van der Waals surface area contributed by atoms with Gasteiger partial charge < -0.3 is 4.74 Å². The summed E-state index contributed by atoms with van der Waals surface area (Å²) in [5.41, 5.74) is 0.972. The molecule has 0 radical (unpaired) electrons. The number of amides is 1. The number of anilines is 1. The Bertz CT molecular complexity index is 571. The van der Waals surface area contributed by atoms with Gasteiger partial charge in [-0.15, -0.1) is 10.2 Å². The summed E-state index contributed by atoms with van der Waals surface area (Å²) in [5, 5.41) is 9.46. The second-order valence-corrected chi connectivity index (χ2v) is 5.65. The van der Waals surface area contributed by atoms with Crippen molar-refractivity contribution < 1.29 is 9.53 Å². The van der Waals surface area contributed by atoms with Crippen molar-refractivity contribution in [1.82, 2.24) is 10.2 Å². The molecule has 2 aromatic rings. The number of aromatic nitrogens is 2. The van der Waals surface area contributed by atoms with Gasteiger partial charge >= 0.3 is 0 Å². The van der Waals surface area contributed by atoms with Crippen LogP contribution in [0.3, 0.4) is 0 Å². The van der Waals surface area contributed by atoms with Crippen LogP contribution in [0.15, 0.2) is 28.7 Å². The van der Waals surface area contributed by atoms with E-state index in [1.807, 2.05) is 24.3 Å². The van der Waals surface area contributed by atoms with Crippen LogP contribution in [0.1, 0.15) is 0 Å². The molecule has 100 valence electrons. The van der Waals surface area contributed by atoms with E-state index in [0.29, 0.717) is 5.13 Å². The van der Waals surface area contributed by atoms with E-state index in [1.165, 1.54) is 23.3 Å². The number of carbonyl (C=O) groups excluding carboxylic acids is 1. The van der Waals surface area contributed by atoms with E-state index in [-0.39, 0.29) is 12.5 Å². The Morgan fingerprint density at radius 2 is 2.05 bits per heavy atom. The van der Waals surface area contributed by atoms with Crippen LogP contribution in [-0.4, -0.2) is 36.9 Å². The van der Waals surface area contributed by atoms with Gasteiger partial charge in [-0.3, -0.25) is 9.69 Å². The third-order valence-corrected chi connectivity index (χ3v) is 4.01. The number of carbonyl (C=O) groups is 1. The molecule has 1 amide bonds. The lowest BCUT2D eigenvalue weighted by Crippen LogP contribution is -2.29. The summed E-state index contributed by atoms with van der Waals surface area (Å²) in [4.78, 5) is 13.1. The fourth-order valence-corrected chi connectivity index (χ4v) is 2.48. The van der Waals surface area contributed by atoms with Crippen LogP contribution in [0.25, 0.3) is 10.6 Å². The number of likely N-dealkylation sites (N-methyl/N-ethyl adjacent to an activating group) is 1. The van der Waals surface area contributed by atoms with E-state index >= 15 is 0 Å². The van der Waals surface area contributed by atoms with E-state index in [4.69, 9.17) is 4.74 Å². The summed E-state index contributed by atoms with van der Waals surface area (Å²) in [6.45, 7) is 0.0314. The van der Waals surface area contributed by atoms with E-state index in [0.717, 1.165) is 15.0 Å². The Morgan fingerprint density at radius 3 is 2.68 bits per heavy atom. The maximum absolute atomic E-state index is 11.7. The summed E-state index contributed by atoms with van der Waals surface area (Å²) in [6.07, 6.45) is 0. The average molecular weight is 342 g/mol. The maximum Gasteiger partial charge on any atom is 0.254 e. The van der Waals surface area contributed by atoms with Crippen LogP contribution >= 0.6 is 27.3 Å². The Hall–Kier alpha value is -1.31. The molecule has 0 saturated carbocycles. The first-order chi connectivity index (χ1) is 9.11. The molecule has 1 heterocycles. The molecule has 2 rings (SSSR count). The molecule has 0 bridgehead atoms. The van der Waals surface area contributed by atoms with Gasteiger partial charge in [0, 0.05) is 24.2 Å². The van der Waals surface area contributed by atoms with E-state index in [9.17, 15) is 4.79 Å². The monoisotopic (exact) mass is 341 g/mol. The van der Waals surface area contributed by atoms with Crippen molar-refractivity contribution in [2.45, 2.75) is 0 Å². The van der Waals surface area contributed by atoms with Gasteiger partial charge in [-0.25, -0.2) is 0 Å². The predicted octanol–water partition coefficient (Wildman–Crippen LogP) is 2.58. The number of methoxy groups -OCH3 is 1. The van der Waals surface area contributed by atoms with E-state index in [2.05, 4.69) is 26.1 Å². The van der Waals surface area contributed by atoms with Gasteiger partial charge in [0.1, 0.15) is 11.6 Å². The molecule has 0 N–H and O–H groups in total. The predicted molar refractivity (Wildman–Crippen MR) is 78.3 cm³/mol. The average Bonchev–Trinajstić information content (AvgIpc) is 2.88. The zero-order chi connectivity index (χ0) is 13.8. The lowest BCUT2D eigenvalue weighted by atomic mass is 10.2. The van der Waals surface area contributed by atoms with Crippen molar-refractivity contribution >= 4 is 38.3 Å². The Kier molecular flexibility index (Phi) is 4.62. The maximum atomic E-state index is 11.7. The number of hydrogen-bond acceptors (Lipinski definition) is 5. The molecular weight excluding hydrogens is 330 g/mol. The molecule has 0 fully saturated rings. The molecule has 0 saturated heterocycles. The highest BCUT2D eigenvalue weighted by Crippen LogP contribution is 2.28. The van der Waals surface area contributed by atoms with Gasteiger partial charge in [0.15, 0.2) is 0 Å². The van der Waals surface area contributed by atoms with Gasteiger partial charge in [0.05, 0.1) is 0 Å². The smallest absolute Gasteiger partial charge is 0.254 e. The largest absolute Gasteiger partial charge is 0.375 e. The minimum Gasteiger partial charge on any atom is -0.375 e. The highest BCUT2D eigenvalue weighted by molar-refractivity contribution is 9.10. The number of nitrogens with zero attached hydrogens (tertiary/aromatic N) is 3. The van der Waals surface area contributed by atoms with Gasteiger partial charge in [0.25, 0.3) is 5.91 Å². The number of benzene rings is 1. The zero-order valence-corrected chi connectivity index (χ0v) is 12.9. The van der Waals surface area contributed by atoms with Crippen molar-refractivity contribution in [2.24, 2.45) is 0 Å². The quantitative estimate of drug-likeness (QED) is 0.857. The van der Waals surface area contributed by atoms with E-state index in [1.54, 1.807) is 7.05 Å². The van der Waals surface area contributed by atoms with Gasteiger partial charge in [0.2, 0.25) is 5.13 Å². The number of ether oxygens (including phenoxy) is 1. The summed E-state index contributed by atoms with van der Waals surface area (Å²) < 4.78 is 5.82. The molecular formula is C12H12BrN3O2S. The molecule has 5 nitrogen and oxygen atoms in total. The summed E-state index contributed by atoms with van der Waals surface area (Å²) in [7, 11) is 3.15. The zero-order valence-electron chi connectivity index (χ0n) is 10.5. The molecule has 0 atom stereocenters. The summed E-state index contributed by atoms with van der Waals surface area (Å²) in [5.74, 6) is -0.152. The molecule has 0 aliphatic rings. The third kappa shape index (κ3) is 3.37. The first kappa shape index (κ1) is 14.1. The molecule has 19 heavy (non-hydrogen) atoms. The topological polar surface area (TPSA) is 55.3 Å². The fourth-order valence-electron chi connectivity index (χ4n) is 1.39. The third-order valence-electron chi connectivity index (χ3n) is 2.43.